The van der Waals surface area contributed by atoms with Gasteiger partial charge in [-0.1, -0.05) is 109 Å². The van der Waals surface area contributed by atoms with Gasteiger partial charge in [0.25, 0.3) is 0 Å². The number of nitrogens with one attached hydrogen (secondary N) is 4. The van der Waals surface area contributed by atoms with E-state index < -0.39 is 14.9 Å². The highest BCUT2D eigenvalue weighted by atomic mass is 35.5. The van der Waals surface area contributed by atoms with Gasteiger partial charge in [-0.05, 0) is 89.0 Å². The summed E-state index contributed by atoms with van der Waals surface area (Å²) in [5.74, 6) is 0.970. The molecule has 6 heterocycles. The number of ether oxygens (including phenoxy) is 2. The number of piperidine rings is 2. The maximum atomic E-state index is 13.1. The number of amides is 2. The largest absolute Gasteiger partial charge is 0.445 e. The van der Waals surface area contributed by atoms with Gasteiger partial charge in [0.05, 0.1) is 35.1 Å². The van der Waals surface area contributed by atoms with Crippen molar-refractivity contribution < 1.29 is 28.2 Å². The summed E-state index contributed by atoms with van der Waals surface area (Å²) in [4.78, 5) is 61.5. The quantitative estimate of drug-likeness (QED) is 0.0704. The molecule has 426 valence electrons. The van der Waals surface area contributed by atoms with Crippen molar-refractivity contribution in [2.24, 2.45) is 0 Å². The van der Waals surface area contributed by atoms with Crippen LogP contribution in [0.15, 0.2) is 110 Å². The first-order valence-electron chi connectivity index (χ1n) is 26.6. The van der Waals surface area contributed by atoms with Gasteiger partial charge in [0.1, 0.15) is 33.7 Å². The second kappa shape index (κ2) is 27.6. The third kappa shape index (κ3) is 14.9. The van der Waals surface area contributed by atoms with Crippen LogP contribution < -0.4 is 15.9 Å². The van der Waals surface area contributed by atoms with Gasteiger partial charge in [-0.3, -0.25) is 0 Å². The molecule has 2 fully saturated rings. The lowest BCUT2D eigenvalue weighted by Gasteiger charge is -2.37. The normalized spacial score (nSPS) is 16.7. The number of hydrogen-bond donors (Lipinski definition) is 4. The van der Waals surface area contributed by atoms with Crippen molar-refractivity contribution in [2.45, 2.75) is 98.2 Å². The number of carbonyl (C=O) groups excluding carboxylic acids is 2. The lowest BCUT2D eigenvalue weighted by molar-refractivity contribution is 0.0689. The average Bonchev–Trinajstić information content (AvgIpc) is 4.28. The Bertz CT molecular complexity index is 3700. The Balaban J connectivity index is 0.000000220. The highest BCUT2D eigenvalue weighted by Crippen LogP contribution is 2.44. The summed E-state index contributed by atoms with van der Waals surface area (Å²) in [7, 11) is -3.59. The number of H-pyrrole nitrogens is 2. The second-order valence-electron chi connectivity index (χ2n) is 20.8. The number of hydrogen-bond acceptors (Lipinski definition) is 12. The SMILES string of the molecule is C.C[P+](C)=O.[C-]#[N+]c1ccc2c(-c3nc(N[C@H]4CC[C@H](C)N(C(=O)OCc5ccccc5)C4)ncc3C)c[nH]c2c1Cl.[C-]#[N+]c1ccc2c(-c3nc(N[C@H]4CC[C@H](C)N(C(=O)OCc5ccccc5)C4)ncc3C)c[nH]c2c1P(C)(C)=O. The Kier molecular flexibility index (Phi) is 20.7. The molecule has 21 heteroatoms. The summed E-state index contributed by atoms with van der Waals surface area (Å²) in [6, 6.07) is 26.7. The summed E-state index contributed by atoms with van der Waals surface area (Å²) < 4.78 is 33.8. The van der Waals surface area contributed by atoms with E-state index in [-0.39, 0.29) is 57.0 Å². The smallest absolute Gasteiger partial charge is 0.410 e. The van der Waals surface area contributed by atoms with Crippen molar-refractivity contribution >= 4 is 89.1 Å². The lowest BCUT2D eigenvalue weighted by Crippen LogP contribution is -2.50. The molecule has 2 saturated heterocycles. The Labute approximate surface area is 485 Å². The Morgan fingerprint density at radius 1 is 0.695 bits per heavy atom. The highest BCUT2D eigenvalue weighted by molar-refractivity contribution is 7.71. The van der Waals surface area contributed by atoms with Crippen molar-refractivity contribution in [3.05, 3.63) is 160 Å². The summed E-state index contributed by atoms with van der Waals surface area (Å²) in [5.41, 5.74) is 9.20. The van der Waals surface area contributed by atoms with Crippen LogP contribution in [0.3, 0.4) is 0 Å². The number of aryl methyl sites for hydroxylation is 2. The van der Waals surface area contributed by atoms with Crippen molar-refractivity contribution in [1.82, 2.24) is 39.7 Å². The molecule has 10 rings (SSSR count). The number of halogens is 1. The summed E-state index contributed by atoms with van der Waals surface area (Å²) >= 11 is 6.42. The van der Waals surface area contributed by atoms with Crippen molar-refractivity contribution in [2.75, 3.05) is 50.4 Å². The zero-order valence-electron chi connectivity index (χ0n) is 46.7. The van der Waals surface area contributed by atoms with Gasteiger partial charge in [0, 0.05) is 94.8 Å². The van der Waals surface area contributed by atoms with E-state index in [0.717, 1.165) is 81.2 Å². The molecule has 0 spiro atoms. The molecule has 4 aromatic heterocycles. The first-order valence-corrected chi connectivity index (χ1v) is 31.7. The summed E-state index contributed by atoms with van der Waals surface area (Å²) in [6.07, 6.45) is 10.1. The van der Waals surface area contributed by atoms with E-state index in [9.17, 15) is 18.7 Å². The van der Waals surface area contributed by atoms with Gasteiger partial charge >= 0.3 is 20.0 Å². The molecule has 8 aromatic rings. The number of aromatic amines is 2. The van der Waals surface area contributed by atoms with Crippen molar-refractivity contribution in [3.8, 4) is 22.5 Å². The molecule has 0 saturated carbocycles. The first-order chi connectivity index (χ1) is 38.8. The minimum atomic E-state index is -2.72. The van der Waals surface area contributed by atoms with Crippen LogP contribution in [-0.4, -0.2) is 116 Å². The number of rotatable bonds is 11. The minimum Gasteiger partial charge on any atom is -0.445 e. The summed E-state index contributed by atoms with van der Waals surface area (Å²) in [5, 5.41) is 9.56. The summed E-state index contributed by atoms with van der Waals surface area (Å²) in [6.45, 7) is 31.0. The molecular weight excluding hydrogens is 1090 g/mol. The van der Waals surface area contributed by atoms with Crippen LogP contribution in [0.25, 0.3) is 54.0 Å². The number of fused-ring (bicyclic) bond motifs is 2. The van der Waals surface area contributed by atoms with Gasteiger partial charge in [-0.15, -0.1) is 0 Å². The Morgan fingerprint density at radius 3 is 1.54 bits per heavy atom. The molecule has 2 amide bonds. The number of benzene rings is 4. The average molecular weight is 1160 g/mol. The van der Waals surface area contributed by atoms with E-state index in [1.54, 1.807) is 61.0 Å². The van der Waals surface area contributed by atoms with E-state index in [2.05, 4.69) is 40.3 Å². The zero-order valence-corrected chi connectivity index (χ0v) is 49.2. The van der Waals surface area contributed by atoms with Gasteiger partial charge < -0.3 is 44.4 Å². The van der Waals surface area contributed by atoms with Crippen LogP contribution in [-0.2, 0) is 31.8 Å². The van der Waals surface area contributed by atoms with Gasteiger partial charge in [0.2, 0.25) is 17.6 Å². The molecule has 4 N–H and O–H groups in total. The lowest BCUT2D eigenvalue weighted by atomic mass is 10.00. The van der Waals surface area contributed by atoms with Crippen LogP contribution in [0.5, 0.6) is 0 Å². The third-order valence-electron chi connectivity index (χ3n) is 14.1. The first kappa shape index (κ1) is 61.5. The fraction of sp³-hybridized carbons (Fsp3) is 0.344. The Hall–Kier alpha value is -8.14. The maximum Gasteiger partial charge on any atom is 0.410 e. The topological polar surface area (TPSA) is 209 Å². The standard InChI is InChI=1S/C30H33N6O3P.C28H27ClN6O2.C2H6OP.CH4/c1-19-15-33-29(34-22-12-11-20(2)36(17-22)30(37)39-18-21-9-7-6-8-10-21)35-26(19)24-16-32-27-23(24)13-14-25(31-3)28(27)40(4,5)38;1-17-13-32-27(34-25(17)22-14-31-26-21(22)11-12-23(30-3)24(26)29)33-20-10-9-18(2)35(15-20)28(36)37-16-19-7-5-4-6-8-19;1-4(2)3;/h6-10,13-16,20,22,32H,11-12,17-18H2,1-2,4-5H3,(H,33,34,35);4-8,11-14,18,20,31H,9-10,15-16H2,1-2H3,(H,32,33,34);1-2H3;1H4/q;;+1;/t20-,22-;18-,20-;;/m00../s1. The number of likely N-dealkylation sites (tertiary alicyclic amines) is 2. The van der Waals surface area contributed by atoms with Crippen LogP contribution in [0, 0.1) is 27.0 Å². The van der Waals surface area contributed by atoms with E-state index in [0.29, 0.717) is 57.7 Å². The van der Waals surface area contributed by atoms with Crippen LogP contribution in [0.2, 0.25) is 5.02 Å². The van der Waals surface area contributed by atoms with Gasteiger partial charge in [-0.25, -0.2) is 39.2 Å². The van der Waals surface area contributed by atoms with Crippen molar-refractivity contribution in [3.63, 3.8) is 0 Å². The van der Waals surface area contributed by atoms with Crippen LogP contribution in [0.4, 0.5) is 32.9 Å². The fourth-order valence-corrected chi connectivity index (χ4v) is 11.6. The number of aromatic nitrogens is 6. The molecule has 82 heavy (non-hydrogen) atoms. The number of anilines is 2. The molecule has 2 aliphatic heterocycles. The van der Waals surface area contributed by atoms with E-state index in [1.807, 2.05) is 113 Å². The molecule has 0 bridgehead atoms. The van der Waals surface area contributed by atoms with Crippen LogP contribution >= 0.6 is 26.5 Å². The van der Waals surface area contributed by atoms with E-state index >= 15 is 0 Å². The zero-order chi connectivity index (χ0) is 58.0. The molecule has 0 unspecified atom stereocenters. The van der Waals surface area contributed by atoms with Gasteiger partial charge in [-0.2, -0.15) is 0 Å². The molecule has 18 nitrogen and oxygen atoms in total. The van der Waals surface area contributed by atoms with E-state index in [4.69, 9.17) is 44.2 Å². The molecule has 2 aliphatic rings. The third-order valence-corrected chi connectivity index (χ3v) is 16.0. The van der Waals surface area contributed by atoms with Gasteiger partial charge in [0.15, 0.2) is 5.69 Å². The molecule has 0 aliphatic carbocycles. The van der Waals surface area contributed by atoms with Crippen LogP contribution in [0.1, 0.15) is 69.2 Å². The highest BCUT2D eigenvalue weighted by Gasteiger charge is 2.33. The predicted octanol–water partition coefficient (Wildman–Crippen LogP) is 14.8. The number of nitrogens with zero attached hydrogens (tertiary/aromatic N) is 8. The molecule has 4 aromatic carbocycles. The Morgan fingerprint density at radius 2 is 1.11 bits per heavy atom. The van der Waals surface area contributed by atoms with E-state index in [1.165, 1.54) is 0 Å². The number of carbonyl (C=O) groups is 2. The second-order valence-corrected chi connectivity index (χ2v) is 26.0. The molecular formula is C61H70ClN12O6P2+. The fourth-order valence-electron chi connectivity index (χ4n) is 9.94. The molecule has 0 radical (unpaired) electrons. The molecule has 4 atom stereocenters. The predicted molar refractivity (Wildman–Crippen MR) is 330 cm³/mol. The minimum absolute atomic E-state index is 0. The van der Waals surface area contributed by atoms with Crippen molar-refractivity contribution in [1.29, 1.82) is 0 Å². The maximum absolute atomic E-state index is 13.1. The monoisotopic (exact) mass is 1160 g/mol.